The molecule has 0 bridgehead atoms. The third-order valence-corrected chi connectivity index (χ3v) is 2.40. The molecule has 1 aliphatic rings. The van der Waals surface area contributed by atoms with E-state index in [0.717, 1.165) is 6.08 Å². The zero-order chi connectivity index (χ0) is 13.3. The maximum atomic E-state index is 13.3. The number of hydrogen-bond donors (Lipinski definition) is 1. The zero-order valence-electron chi connectivity index (χ0n) is 9.93. The fourth-order valence-electron chi connectivity index (χ4n) is 1.51. The van der Waals surface area contributed by atoms with Gasteiger partial charge in [0.1, 0.15) is 14.1 Å². The molecule has 1 N–H and O–H groups in total. The van der Waals surface area contributed by atoms with E-state index in [1.165, 1.54) is 10.6 Å². The second-order valence-electron chi connectivity index (χ2n) is 4.03. The summed E-state index contributed by atoms with van der Waals surface area (Å²) in [5.41, 5.74) is 0.374. The number of halogens is 2. The van der Waals surface area contributed by atoms with E-state index in [2.05, 4.69) is 9.31 Å². The lowest BCUT2D eigenvalue weighted by Crippen LogP contribution is -2.38. The highest BCUT2D eigenvalue weighted by Gasteiger charge is 2.39. The summed E-state index contributed by atoms with van der Waals surface area (Å²) in [4.78, 5) is 0. The summed E-state index contributed by atoms with van der Waals surface area (Å²) in [7, 11) is -1.24. The number of aliphatic hydroxyl groups is 1. The fraction of sp³-hybridized carbons (Fsp3) is 0.182. The second-order valence-corrected chi connectivity index (χ2v) is 4.03. The molecule has 0 saturated carbocycles. The molecular formula is C11H12BF2NO3. The molecule has 0 radical (unpaired) electrons. The van der Waals surface area contributed by atoms with Gasteiger partial charge in [-0.25, -0.2) is 4.58 Å². The first-order valence-corrected chi connectivity index (χ1v) is 5.31. The summed E-state index contributed by atoms with van der Waals surface area (Å²) in [6, 6.07) is 6.26. The molecule has 0 aromatic heterocycles. The van der Waals surface area contributed by atoms with Crippen molar-refractivity contribution in [3.8, 4) is 5.75 Å². The standard InChI is InChI=1S/C11H11BF2NO3/c1-15(2)11(16)7-10-8-5-3-4-6-9(8)17-12(13,14)18-10/h3-7H,1-2H3/q-1/p+1/b10-7-. The van der Waals surface area contributed by atoms with Gasteiger partial charge in [-0.05, 0) is 12.1 Å². The van der Waals surface area contributed by atoms with Crippen molar-refractivity contribution < 1.29 is 27.6 Å². The Labute approximate surface area is 103 Å². The number of hydrogen-bond acceptors (Lipinski definition) is 2. The molecule has 0 atom stereocenters. The Kier molecular flexibility index (Phi) is 2.98. The van der Waals surface area contributed by atoms with Crippen molar-refractivity contribution in [2.75, 3.05) is 14.1 Å². The summed E-state index contributed by atoms with van der Waals surface area (Å²) in [5, 5.41) is 9.58. The first-order valence-electron chi connectivity index (χ1n) is 5.31. The molecule has 0 unspecified atom stereocenters. The smallest absolute Gasteiger partial charge is 0.627 e. The molecule has 1 aromatic rings. The lowest BCUT2D eigenvalue weighted by atomic mass is 10.0. The second kappa shape index (κ2) is 4.32. The largest absolute Gasteiger partial charge is 0.725 e. The molecule has 2 rings (SSSR count). The minimum absolute atomic E-state index is 0.0338. The van der Waals surface area contributed by atoms with Crippen LogP contribution >= 0.6 is 0 Å². The minimum atomic E-state index is -4.41. The molecule has 0 amide bonds. The van der Waals surface area contributed by atoms with Crippen molar-refractivity contribution in [1.82, 2.24) is 0 Å². The molecule has 0 aliphatic carbocycles. The number of fused-ring (bicyclic) bond motifs is 1. The van der Waals surface area contributed by atoms with E-state index >= 15 is 0 Å². The van der Waals surface area contributed by atoms with Gasteiger partial charge in [0.2, 0.25) is 0 Å². The van der Waals surface area contributed by atoms with Crippen LogP contribution in [-0.4, -0.2) is 36.8 Å². The third-order valence-electron chi connectivity index (χ3n) is 2.40. The maximum absolute atomic E-state index is 13.3. The molecule has 0 fully saturated rings. The van der Waals surface area contributed by atoms with Gasteiger partial charge in [-0.2, -0.15) is 0 Å². The quantitative estimate of drug-likeness (QED) is 0.361. The summed E-state index contributed by atoms with van der Waals surface area (Å²) in [5.74, 6) is -0.270. The van der Waals surface area contributed by atoms with Crippen LogP contribution < -0.4 is 4.65 Å². The molecule has 7 heteroatoms. The van der Waals surface area contributed by atoms with Crippen LogP contribution in [-0.2, 0) is 4.65 Å². The van der Waals surface area contributed by atoms with E-state index in [9.17, 15) is 13.7 Å². The number of nitrogens with zero attached hydrogens (tertiary/aromatic N) is 1. The average molecular weight is 255 g/mol. The fourth-order valence-corrected chi connectivity index (χ4v) is 1.51. The Morgan fingerprint density at radius 2 is 1.94 bits per heavy atom. The number of para-hydroxylation sites is 1. The topological polar surface area (TPSA) is 41.7 Å². The Hall–Kier alpha value is -2.05. The summed E-state index contributed by atoms with van der Waals surface area (Å²) in [6.07, 6.45) is 1.14. The van der Waals surface area contributed by atoms with Crippen LogP contribution in [0.2, 0.25) is 0 Å². The number of rotatable bonds is 1. The van der Waals surface area contributed by atoms with Gasteiger partial charge < -0.3 is 23.0 Å². The lowest BCUT2D eigenvalue weighted by Gasteiger charge is -2.35. The van der Waals surface area contributed by atoms with Gasteiger partial charge in [0.25, 0.3) is 0 Å². The van der Waals surface area contributed by atoms with Gasteiger partial charge in [-0.3, -0.25) is 0 Å². The highest BCUT2D eigenvalue weighted by atomic mass is 19.3. The third kappa shape index (κ3) is 2.44. The minimum Gasteiger partial charge on any atom is -0.627 e. The van der Waals surface area contributed by atoms with Crippen LogP contribution in [0.25, 0.3) is 5.76 Å². The van der Waals surface area contributed by atoms with Gasteiger partial charge in [0.05, 0.1) is 23.1 Å². The van der Waals surface area contributed by atoms with Gasteiger partial charge in [0, 0.05) is 0 Å². The van der Waals surface area contributed by atoms with E-state index < -0.39 is 7.11 Å². The summed E-state index contributed by atoms with van der Waals surface area (Å²) in [6.45, 7) is 0. The van der Waals surface area contributed by atoms with Gasteiger partial charge in [-0.1, -0.05) is 12.1 Å². The SMILES string of the molecule is C[N+](C)=C(O)/C=C1\O[B-](F)(F)Oc2ccccc21. The van der Waals surface area contributed by atoms with Crippen molar-refractivity contribution in [2.24, 2.45) is 0 Å². The predicted molar refractivity (Wildman–Crippen MR) is 63.8 cm³/mol. The van der Waals surface area contributed by atoms with Crippen molar-refractivity contribution in [3.63, 3.8) is 0 Å². The van der Waals surface area contributed by atoms with Crippen molar-refractivity contribution in [1.29, 1.82) is 0 Å². The maximum Gasteiger partial charge on any atom is 0.725 e. The van der Waals surface area contributed by atoms with Crippen LogP contribution in [0, 0.1) is 0 Å². The molecule has 4 nitrogen and oxygen atoms in total. The van der Waals surface area contributed by atoms with Crippen molar-refractivity contribution in [3.05, 3.63) is 35.9 Å². The molecule has 0 saturated heterocycles. The normalized spacial score (nSPS) is 18.6. The van der Waals surface area contributed by atoms with Gasteiger partial charge >= 0.3 is 13.0 Å². The Morgan fingerprint density at radius 3 is 2.61 bits per heavy atom. The lowest BCUT2D eigenvalue weighted by molar-refractivity contribution is -0.472. The molecule has 96 valence electrons. The van der Waals surface area contributed by atoms with Crippen molar-refractivity contribution in [2.45, 2.75) is 0 Å². The van der Waals surface area contributed by atoms with Crippen LogP contribution in [0.3, 0.4) is 0 Å². The van der Waals surface area contributed by atoms with E-state index in [4.69, 9.17) is 0 Å². The van der Waals surface area contributed by atoms with Gasteiger partial charge in [-0.15, -0.1) is 0 Å². The highest BCUT2D eigenvalue weighted by molar-refractivity contribution is 6.54. The molecular weight excluding hydrogens is 243 g/mol. The zero-order valence-corrected chi connectivity index (χ0v) is 9.93. The van der Waals surface area contributed by atoms with E-state index in [-0.39, 0.29) is 17.4 Å². The first kappa shape index (κ1) is 12.4. The predicted octanol–water partition coefficient (Wildman–Crippen LogP) is 2.04. The van der Waals surface area contributed by atoms with Crippen LogP contribution in [0.4, 0.5) is 8.63 Å². The molecule has 18 heavy (non-hydrogen) atoms. The van der Waals surface area contributed by atoms with Crippen LogP contribution in [0.5, 0.6) is 5.75 Å². The molecule has 0 spiro atoms. The Morgan fingerprint density at radius 1 is 1.28 bits per heavy atom. The van der Waals surface area contributed by atoms with Crippen molar-refractivity contribution >= 4 is 18.8 Å². The average Bonchev–Trinajstić information content (AvgIpc) is 2.27. The number of aliphatic hydroxyl groups excluding tert-OH is 1. The van der Waals surface area contributed by atoms with Crippen LogP contribution in [0.1, 0.15) is 5.56 Å². The Balaban J connectivity index is 2.52. The van der Waals surface area contributed by atoms with E-state index in [1.807, 2.05) is 0 Å². The van der Waals surface area contributed by atoms with Crippen LogP contribution in [0.15, 0.2) is 30.3 Å². The van der Waals surface area contributed by atoms with Gasteiger partial charge in [0.15, 0.2) is 0 Å². The molecule has 1 aromatic carbocycles. The first-order chi connectivity index (χ1) is 8.39. The summed E-state index contributed by atoms with van der Waals surface area (Å²) >= 11 is 0. The Bertz CT molecular complexity index is 539. The molecule has 1 aliphatic heterocycles. The molecule has 1 heterocycles. The number of benzene rings is 1. The monoisotopic (exact) mass is 255 g/mol. The summed E-state index contributed by atoms with van der Waals surface area (Å²) < 4.78 is 36.8. The highest BCUT2D eigenvalue weighted by Crippen LogP contribution is 2.36. The van der Waals surface area contributed by atoms with E-state index in [1.54, 1.807) is 32.3 Å². The van der Waals surface area contributed by atoms with E-state index in [0.29, 0.717) is 5.56 Å².